The Hall–Kier alpha value is -3.59. The second-order valence-electron chi connectivity index (χ2n) is 9.74. The van der Waals surface area contributed by atoms with Crippen molar-refractivity contribution in [2.24, 2.45) is 5.92 Å². The van der Waals surface area contributed by atoms with Crippen LogP contribution in [0, 0.1) is 12.8 Å². The number of amides is 2. The van der Waals surface area contributed by atoms with E-state index in [2.05, 4.69) is 15.6 Å². The van der Waals surface area contributed by atoms with Crippen LogP contribution in [0.2, 0.25) is 0 Å². The lowest BCUT2D eigenvalue weighted by Crippen LogP contribution is -2.31. The first-order valence-electron chi connectivity index (χ1n) is 12.4. The molecule has 0 aliphatic heterocycles. The number of aromatic amines is 1. The summed E-state index contributed by atoms with van der Waals surface area (Å²) in [6, 6.07) is 11.0. The van der Waals surface area contributed by atoms with Crippen LogP contribution in [0.25, 0.3) is 11.0 Å². The largest absolute Gasteiger partial charge is 0.496 e. The molecule has 0 bridgehead atoms. The zero-order valence-electron chi connectivity index (χ0n) is 21.4. The van der Waals surface area contributed by atoms with Crippen molar-refractivity contribution in [3.8, 4) is 5.75 Å². The SMILES string of the molecule is COc1cc(NC(=O)[C@H]2CC[C@@H](n3c(=O)[nH]c4c(C(=O)NCCN(C)C)cccc43)CC2)ccc1C. The maximum atomic E-state index is 12.9. The minimum Gasteiger partial charge on any atom is -0.496 e. The average molecular weight is 494 g/mol. The maximum Gasteiger partial charge on any atom is 0.326 e. The number of imidazole rings is 1. The highest BCUT2D eigenvalue weighted by atomic mass is 16.5. The number of carbonyl (C=O) groups is 2. The van der Waals surface area contributed by atoms with Gasteiger partial charge < -0.3 is 25.3 Å². The van der Waals surface area contributed by atoms with Crippen molar-refractivity contribution < 1.29 is 14.3 Å². The van der Waals surface area contributed by atoms with Gasteiger partial charge in [0, 0.05) is 36.8 Å². The Kier molecular flexibility index (Phi) is 7.79. The van der Waals surface area contributed by atoms with Crippen LogP contribution in [0.3, 0.4) is 0 Å². The number of ether oxygens (including phenoxy) is 1. The summed E-state index contributed by atoms with van der Waals surface area (Å²) in [5.41, 5.74) is 3.24. The normalized spacial score (nSPS) is 17.8. The van der Waals surface area contributed by atoms with Gasteiger partial charge in [0.2, 0.25) is 5.91 Å². The molecule has 3 N–H and O–H groups in total. The summed E-state index contributed by atoms with van der Waals surface area (Å²) in [6.07, 6.45) is 2.79. The van der Waals surface area contributed by atoms with E-state index in [1.807, 2.05) is 56.3 Å². The molecule has 1 aliphatic rings. The van der Waals surface area contributed by atoms with E-state index in [0.29, 0.717) is 49.0 Å². The Bertz CT molecular complexity index is 1300. The minimum absolute atomic E-state index is 0.0117. The van der Waals surface area contributed by atoms with Gasteiger partial charge in [0.15, 0.2) is 0 Å². The number of nitrogens with one attached hydrogen (secondary N) is 3. The first kappa shape index (κ1) is 25.5. The minimum atomic E-state index is -0.224. The Morgan fingerprint density at radius 1 is 1.14 bits per heavy atom. The summed E-state index contributed by atoms with van der Waals surface area (Å²) in [5, 5.41) is 5.92. The van der Waals surface area contributed by atoms with Gasteiger partial charge in [-0.2, -0.15) is 0 Å². The molecule has 0 unspecified atom stereocenters. The summed E-state index contributed by atoms with van der Waals surface area (Å²) in [6.45, 7) is 3.21. The number of aryl methyl sites for hydroxylation is 1. The predicted octanol–water partition coefficient (Wildman–Crippen LogP) is 3.31. The number of likely N-dealkylation sites (N-methyl/N-ethyl adjacent to an activating group) is 1. The van der Waals surface area contributed by atoms with Gasteiger partial charge in [0.1, 0.15) is 5.75 Å². The summed E-state index contributed by atoms with van der Waals surface area (Å²) in [5.74, 6) is 0.403. The van der Waals surface area contributed by atoms with Crippen LogP contribution in [-0.4, -0.2) is 60.6 Å². The summed E-state index contributed by atoms with van der Waals surface area (Å²) in [4.78, 5) is 43.5. The lowest BCUT2D eigenvalue weighted by Gasteiger charge is -2.28. The standard InChI is InChI=1S/C27H35N5O4/c1-17-8-11-19(16-23(17)36-4)29-25(33)18-9-12-20(13-10-18)32-22-7-5-6-21(24(22)30-27(32)35)26(34)28-14-15-31(2)3/h5-8,11,16,18,20H,9-10,12-15H2,1-4H3,(H,28,34)(H,29,33)(H,30,35)/t18-,20+. The first-order chi connectivity index (χ1) is 17.3. The van der Waals surface area contributed by atoms with Crippen LogP contribution in [0.5, 0.6) is 5.75 Å². The molecule has 4 rings (SSSR count). The van der Waals surface area contributed by atoms with Crippen LogP contribution in [0.15, 0.2) is 41.2 Å². The number of rotatable bonds is 8. The Morgan fingerprint density at radius 3 is 2.58 bits per heavy atom. The van der Waals surface area contributed by atoms with Gasteiger partial charge in [0.25, 0.3) is 5.91 Å². The maximum absolute atomic E-state index is 12.9. The highest BCUT2D eigenvalue weighted by Gasteiger charge is 2.29. The second kappa shape index (κ2) is 11.0. The van der Waals surface area contributed by atoms with Crippen LogP contribution in [0.1, 0.15) is 47.6 Å². The number of hydrogen-bond donors (Lipinski definition) is 3. The molecule has 2 amide bonds. The van der Waals surface area contributed by atoms with Gasteiger partial charge in [-0.05, 0) is 70.5 Å². The molecule has 0 radical (unpaired) electrons. The van der Waals surface area contributed by atoms with Crippen LogP contribution in [-0.2, 0) is 4.79 Å². The molecule has 1 aromatic heterocycles. The zero-order valence-corrected chi connectivity index (χ0v) is 21.4. The third kappa shape index (κ3) is 5.46. The van der Waals surface area contributed by atoms with Crippen molar-refractivity contribution in [2.45, 2.75) is 38.6 Å². The molecule has 1 aliphatic carbocycles. The van der Waals surface area contributed by atoms with E-state index in [4.69, 9.17) is 4.74 Å². The average Bonchev–Trinajstić information content (AvgIpc) is 3.20. The smallest absolute Gasteiger partial charge is 0.326 e. The molecule has 0 atom stereocenters. The highest BCUT2D eigenvalue weighted by Crippen LogP contribution is 2.34. The highest BCUT2D eigenvalue weighted by molar-refractivity contribution is 6.04. The van der Waals surface area contributed by atoms with E-state index >= 15 is 0 Å². The molecule has 1 saturated carbocycles. The zero-order chi connectivity index (χ0) is 25.8. The number of nitrogens with zero attached hydrogens (tertiary/aromatic N) is 2. The molecule has 3 aromatic rings. The van der Waals surface area contributed by atoms with Gasteiger partial charge in [-0.1, -0.05) is 12.1 Å². The van der Waals surface area contributed by atoms with E-state index in [1.165, 1.54) is 0 Å². The van der Waals surface area contributed by atoms with Gasteiger partial charge in [0.05, 0.1) is 23.7 Å². The number of methoxy groups -OCH3 is 1. The lowest BCUT2D eigenvalue weighted by atomic mass is 9.85. The quantitative estimate of drug-likeness (QED) is 0.446. The lowest BCUT2D eigenvalue weighted by molar-refractivity contribution is -0.121. The second-order valence-corrected chi connectivity index (χ2v) is 9.74. The predicted molar refractivity (Wildman–Crippen MR) is 141 cm³/mol. The molecule has 36 heavy (non-hydrogen) atoms. The number of aromatic nitrogens is 2. The molecule has 1 fully saturated rings. The van der Waals surface area contributed by atoms with Crippen molar-refractivity contribution in [1.82, 2.24) is 19.8 Å². The number of fused-ring (bicyclic) bond motifs is 1. The monoisotopic (exact) mass is 493 g/mol. The Balaban J connectivity index is 1.44. The third-order valence-corrected chi connectivity index (χ3v) is 6.95. The van der Waals surface area contributed by atoms with Gasteiger partial charge in [-0.3, -0.25) is 14.2 Å². The van der Waals surface area contributed by atoms with E-state index in [0.717, 1.165) is 23.4 Å². The molecule has 0 saturated heterocycles. The molecule has 2 aromatic carbocycles. The molecule has 192 valence electrons. The summed E-state index contributed by atoms with van der Waals surface area (Å²) >= 11 is 0. The van der Waals surface area contributed by atoms with Crippen molar-refractivity contribution in [3.63, 3.8) is 0 Å². The molecule has 1 heterocycles. The third-order valence-electron chi connectivity index (χ3n) is 6.95. The Morgan fingerprint density at radius 2 is 1.89 bits per heavy atom. The first-order valence-corrected chi connectivity index (χ1v) is 12.4. The van der Waals surface area contributed by atoms with Crippen LogP contribution >= 0.6 is 0 Å². The molecular weight excluding hydrogens is 458 g/mol. The van der Waals surface area contributed by atoms with Crippen molar-refractivity contribution in [3.05, 3.63) is 58.0 Å². The van der Waals surface area contributed by atoms with Crippen LogP contribution in [0.4, 0.5) is 5.69 Å². The topological polar surface area (TPSA) is 108 Å². The van der Waals surface area contributed by atoms with E-state index in [-0.39, 0.29) is 29.5 Å². The fourth-order valence-electron chi connectivity index (χ4n) is 4.93. The molecular formula is C27H35N5O4. The Labute approximate surface area is 210 Å². The number of carbonyl (C=O) groups excluding carboxylic acids is 2. The number of benzene rings is 2. The van der Waals surface area contributed by atoms with Crippen molar-refractivity contribution in [2.75, 3.05) is 39.6 Å². The van der Waals surface area contributed by atoms with Gasteiger partial charge in [-0.15, -0.1) is 0 Å². The number of anilines is 1. The molecule has 9 heteroatoms. The fourth-order valence-corrected chi connectivity index (χ4v) is 4.93. The summed E-state index contributed by atoms with van der Waals surface area (Å²) < 4.78 is 7.11. The van der Waals surface area contributed by atoms with E-state index in [9.17, 15) is 14.4 Å². The van der Waals surface area contributed by atoms with Crippen molar-refractivity contribution >= 4 is 28.5 Å². The van der Waals surface area contributed by atoms with Gasteiger partial charge >= 0.3 is 5.69 Å². The van der Waals surface area contributed by atoms with E-state index < -0.39 is 0 Å². The number of hydrogen-bond acceptors (Lipinski definition) is 5. The molecule has 9 nitrogen and oxygen atoms in total. The van der Waals surface area contributed by atoms with Gasteiger partial charge in [-0.25, -0.2) is 4.79 Å². The fraction of sp³-hybridized carbons (Fsp3) is 0.444. The van der Waals surface area contributed by atoms with Crippen molar-refractivity contribution in [1.29, 1.82) is 0 Å². The summed E-state index contributed by atoms with van der Waals surface area (Å²) in [7, 11) is 5.51. The van der Waals surface area contributed by atoms with Crippen LogP contribution < -0.4 is 21.1 Å². The number of H-pyrrole nitrogens is 1. The molecule has 0 spiro atoms. The number of para-hydroxylation sites is 1. The van der Waals surface area contributed by atoms with E-state index in [1.54, 1.807) is 17.7 Å².